The van der Waals surface area contributed by atoms with Gasteiger partial charge in [-0.05, 0) is 42.7 Å². The van der Waals surface area contributed by atoms with Crippen LogP contribution in [0.2, 0.25) is 0 Å². The Morgan fingerprint density at radius 2 is 1.32 bits per heavy atom. The number of hydrogen-bond acceptors (Lipinski definition) is 3. The van der Waals surface area contributed by atoms with Gasteiger partial charge < -0.3 is 14.8 Å². The van der Waals surface area contributed by atoms with E-state index in [1.807, 2.05) is 12.1 Å². The van der Waals surface area contributed by atoms with Gasteiger partial charge >= 0.3 is 0 Å². The van der Waals surface area contributed by atoms with Gasteiger partial charge in [0.15, 0.2) is 0 Å². The topological polar surface area (TPSA) is 30.5 Å². The molecule has 0 bridgehead atoms. The maximum atomic E-state index is 5.87. The first kappa shape index (κ1) is 22.1. The minimum Gasteiger partial charge on any atom is -0.494 e. The van der Waals surface area contributed by atoms with Gasteiger partial charge in [-0.1, -0.05) is 70.6 Å². The molecule has 0 unspecified atom stereocenters. The van der Waals surface area contributed by atoms with Crippen LogP contribution in [0.3, 0.4) is 0 Å². The van der Waals surface area contributed by atoms with Crippen molar-refractivity contribution in [3.63, 3.8) is 0 Å². The molecule has 0 atom stereocenters. The van der Waals surface area contributed by atoms with Crippen LogP contribution in [-0.4, -0.2) is 13.2 Å². The molecule has 0 saturated heterocycles. The summed E-state index contributed by atoms with van der Waals surface area (Å²) >= 11 is 0. The first-order valence-electron chi connectivity index (χ1n) is 11.0. The van der Waals surface area contributed by atoms with Gasteiger partial charge in [0.25, 0.3) is 0 Å². The number of hydrogen-bond donors (Lipinski definition) is 1. The molecule has 2 aromatic rings. The highest BCUT2D eigenvalue weighted by Crippen LogP contribution is 2.19. The van der Waals surface area contributed by atoms with Crippen LogP contribution in [0.1, 0.15) is 70.8 Å². The van der Waals surface area contributed by atoms with Crippen molar-refractivity contribution in [1.82, 2.24) is 0 Å². The average molecular weight is 384 g/mol. The van der Waals surface area contributed by atoms with Gasteiger partial charge in [0.2, 0.25) is 0 Å². The molecule has 154 valence electrons. The van der Waals surface area contributed by atoms with Crippen molar-refractivity contribution in [1.29, 1.82) is 0 Å². The SMILES string of the molecule is CCCCCCOc1ccc(CNc2cccc(OCCCCCC)c2)cc1. The molecule has 0 aliphatic rings. The molecule has 0 saturated carbocycles. The van der Waals surface area contributed by atoms with Gasteiger partial charge in [0, 0.05) is 18.3 Å². The van der Waals surface area contributed by atoms with Crippen LogP contribution < -0.4 is 14.8 Å². The van der Waals surface area contributed by atoms with E-state index in [2.05, 4.69) is 55.6 Å². The molecule has 1 N–H and O–H groups in total. The van der Waals surface area contributed by atoms with Gasteiger partial charge in [-0.2, -0.15) is 0 Å². The zero-order valence-corrected chi connectivity index (χ0v) is 17.7. The third-order valence-corrected chi connectivity index (χ3v) is 4.79. The summed E-state index contributed by atoms with van der Waals surface area (Å²) in [4.78, 5) is 0. The highest BCUT2D eigenvalue weighted by atomic mass is 16.5. The molecule has 0 aliphatic carbocycles. The second-order valence-corrected chi connectivity index (χ2v) is 7.34. The number of anilines is 1. The van der Waals surface area contributed by atoms with E-state index in [4.69, 9.17) is 9.47 Å². The van der Waals surface area contributed by atoms with Gasteiger partial charge in [0.05, 0.1) is 13.2 Å². The maximum absolute atomic E-state index is 5.87. The fourth-order valence-corrected chi connectivity index (χ4v) is 3.04. The van der Waals surface area contributed by atoms with Gasteiger partial charge in [-0.25, -0.2) is 0 Å². The quantitative estimate of drug-likeness (QED) is 0.329. The number of unbranched alkanes of at least 4 members (excludes halogenated alkanes) is 6. The molecular weight excluding hydrogens is 346 g/mol. The van der Waals surface area contributed by atoms with Crippen molar-refractivity contribution in [3.8, 4) is 11.5 Å². The standard InChI is InChI=1S/C25H37NO2/c1-3-5-7-9-18-27-24-16-14-22(15-17-24)21-26-23-12-11-13-25(20-23)28-19-10-8-6-4-2/h11-17,20,26H,3-10,18-19,21H2,1-2H3. The molecule has 0 fully saturated rings. The molecule has 0 amide bonds. The smallest absolute Gasteiger partial charge is 0.121 e. The summed E-state index contributed by atoms with van der Waals surface area (Å²) in [6.07, 6.45) is 9.84. The summed E-state index contributed by atoms with van der Waals surface area (Å²) in [5.74, 6) is 1.90. The van der Waals surface area contributed by atoms with E-state index in [1.165, 1.54) is 44.1 Å². The lowest BCUT2D eigenvalue weighted by molar-refractivity contribution is 0.305. The molecule has 28 heavy (non-hydrogen) atoms. The Morgan fingerprint density at radius 3 is 1.96 bits per heavy atom. The van der Waals surface area contributed by atoms with E-state index in [0.717, 1.165) is 49.8 Å². The van der Waals surface area contributed by atoms with Gasteiger partial charge in [-0.3, -0.25) is 0 Å². The van der Waals surface area contributed by atoms with Crippen LogP contribution in [0.4, 0.5) is 5.69 Å². The molecule has 0 heterocycles. The van der Waals surface area contributed by atoms with Crippen molar-refractivity contribution in [2.24, 2.45) is 0 Å². The summed E-state index contributed by atoms with van der Waals surface area (Å²) in [7, 11) is 0. The third-order valence-electron chi connectivity index (χ3n) is 4.79. The lowest BCUT2D eigenvalue weighted by atomic mass is 10.2. The summed E-state index contributed by atoms with van der Waals surface area (Å²) < 4.78 is 11.7. The minimum absolute atomic E-state index is 0.788. The van der Waals surface area contributed by atoms with E-state index in [0.29, 0.717) is 0 Å². The average Bonchev–Trinajstić information content (AvgIpc) is 2.73. The van der Waals surface area contributed by atoms with Crippen LogP contribution in [0, 0.1) is 0 Å². The molecule has 0 aromatic heterocycles. The van der Waals surface area contributed by atoms with Crippen molar-refractivity contribution >= 4 is 5.69 Å². The summed E-state index contributed by atoms with van der Waals surface area (Å²) in [6, 6.07) is 16.6. The Kier molecular flexibility index (Phi) is 11.0. The van der Waals surface area contributed by atoms with E-state index in [1.54, 1.807) is 0 Å². The summed E-state index contributed by atoms with van der Waals surface area (Å²) in [5, 5.41) is 3.48. The molecule has 2 aromatic carbocycles. The summed E-state index contributed by atoms with van der Waals surface area (Å²) in [6.45, 7) is 6.85. The first-order chi connectivity index (χ1) is 13.8. The minimum atomic E-state index is 0.788. The fourth-order valence-electron chi connectivity index (χ4n) is 3.04. The van der Waals surface area contributed by atoms with E-state index in [-0.39, 0.29) is 0 Å². The molecule has 0 radical (unpaired) electrons. The van der Waals surface area contributed by atoms with Crippen LogP contribution in [0.5, 0.6) is 11.5 Å². The Bertz CT molecular complexity index is 639. The van der Waals surface area contributed by atoms with Crippen molar-refractivity contribution in [2.45, 2.75) is 71.8 Å². The monoisotopic (exact) mass is 383 g/mol. The Morgan fingerprint density at radius 1 is 0.679 bits per heavy atom. The third kappa shape index (κ3) is 9.16. The predicted octanol–water partition coefficient (Wildman–Crippen LogP) is 7.22. The van der Waals surface area contributed by atoms with Gasteiger partial charge in [-0.15, -0.1) is 0 Å². The molecule has 2 rings (SSSR count). The molecule has 0 spiro atoms. The largest absolute Gasteiger partial charge is 0.494 e. The zero-order chi connectivity index (χ0) is 19.9. The van der Waals surface area contributed by atoms with Crippen LogP contribution in [-0.2, 0) is 6.54 Å². The number of benzene rings is 2. The second-order valence-electron chi connectivity index (χ2n) is 7.34. The van der Waals surface area contributed by atoms with Crippen LogP contribution >= 0.6 is 0 Å². The highest BCUT2D eigenvalue weighted by molar-refractivity contribution is 5.48. The fraction of sp³-hybridized carbons (Fsp3) is 0.520. The molecule has 3 nitrogen and oxygen atoms in total. The molecule has 0 aliphatic heterocycles. The molecule has 3 heteroatoms. The zero-order valence-electron chi connectivity index (χ0n) is 17.7. The van der Waals surface area contributed by atoms with Crippen molar-refractivity contribution in [3.05, 3.63) is 54.1 Å². The van der Waals surface area contributed by atoms with E-state index in [9.17, 15) is 0 Å². The maximum Gasteiger partial charge on any atom is 0.121 e. The Labute approximate surface area is 171 Å². The lowest BCUT2D eigenvalue weighted by Crippen LogP contribution is -2.01. The van der Waals surface area contributed by atoms with Gasteiger partial charge in [0.1, 0.15) is 11.5 Å². The van der Waals surface area contributed by atoms with E-state index < -0.39 is 0 Å². The number of nitrogens with one attached hydrogen (secondary N) is 1. The summed E-state index contributed by atoms with van der Waals surface area (Å²) in [5.41, 5.74) is 2.33. The van der Waals surface area contributed by atoms with Crippen molar-refractivity contribution in [2.75, 3.05) is 18.5 Å². The Balaban J connectivity index is 1.70. The van der Waals surface area contributed by atoms with Crippen molar-refractivity contribution < 1.29 is 9.47 Å². The molecular formula is C25H37NO2. The lowest BCUT2D eigenvalue weighted by Gasteiger charge is -2.11. The van der Waals surface area contributed by atoms with E-state index >= 15 is 0 Å². The number of ether oxygens (including phenoxy) is 2. The first-order valence-corrected chi connectivity index (χ1v) is 11.0. The highest BCUT2D eigenvalue weighted by Gasteiger charge is 2.00. The number of rotatable bonds is 15. The van der Waals surface area contributed by atoms with Crippen LogP contribution in [0.15, 0.2) is 48.5 Å². The van der Waals surface area contributed by atoms with Crippen LogP contribution in [0.25, 0.3) is 0 Å². The second kappa shape index (κ2) is 13.9. The predicted molar refractivity (Wildman–Crippen MR) is 119 cm³/mol. The Hall–Kier alpha value is -2.16. The normalized spacial score (nSPS) is 10.6.